The van der Waals surface area contributed by atoms with Gasteiger partial charge in [-0.1, -0.05) is 13.8 Å². The summed E-state index contributed by atoms with van der Waals surface area (Å²) in [6, 6.07) is 4.69. The Kier molecular flexibility index (Phi) is 5.49. The molecule has 2 amide bonds. The maximum atomic E-state index is 12.2. The number of phenols is 2. The Hall–Kier alpha value is -1.95. The third kappa shape index (κ3) is 3.82. The van der Waals surface area contributed by atoms with Crippen LogP contribution in [0.4, 0.5) is 4.79 Å². The van der Waals surface area contributed by atoms with Crippen LogP contribution in [-0.2, 0) is 6.54 Å². The zero-order valence-electron chi connectivity index (χ0n) is 13.2. The van der Waals surface area contributed by atoms with E-state index in [2.05, 4.69) is 24.1 Å². The van der Waals surface area contributed by atoms with E-state index in [1.165, 1.54) is 12.1 Å². The molecule has 0 bridgehead atoms. The van der Waals surface area contributed by atoms with E-state index in [0.717, 1.165) is 32.6 Å². The maximum Gasteiger partial charge on any atom is 0.317 e. The average molecular weight is 307 g/mol. The van der Waals surface area contributed by atoms with E-state index >= 15 is 0 Å². The second kappa shape index (κ2) is 7.35. The van der Waals surface area contributed by atoms with Crippen LogP contribution in [0.25, 0.3) is 0 Å². The first-order valence-electron chi connectivity index (χ1n) is 7.82. The van der Waals surface area contributed by atoms with Crippen molar-refractivity contribution >= 4 is 6.03 Å². The molecule has 1 aromatic carbocycles. The van der Waals surface area contributed by atoms with Crippen molar-refractivity contribution < 1.29 is 15.0 Å². The average Bonchev–Trinajstić information content (AvgIpc) is 2.97. The second-order valence-electron chi connectivity index (χ2n) is 5.58. The molecule has 0 aromatic heterocycles. The fourth-order valence-corrected chi connectivity index (χ4v) is 2.95. The molecule has 0 saturated carbocycles. The lowest BCUT2D eigenvalue weighted by atomic mass is 10.2. The van der Waals surface area contributed by atoms with Gasteiger partial charge >= 0.3 is 6.03 Å². The lowest BCUT2D eigenvalue weighted by Gasteiger charge is -2.26. The molecule has 1 aliphatic heterocycles. The van der Waals surface area contributed by atoms with Crippen LogP contribution in [0.1, 0.15) is 25.8 Å². The number of hydrogen-bond donors (Lipinski definition) is 3. The molecule has 1 heterocycles. The Bertz CT molecular complexity index is 517. The number of benzene rings is 1. The fraction of sp³-hybridized carbons (Fsp3) is 0.562. The zero-order valence-corrected chi connectivity index (χ0v) is 13.2. The number of carbonyl (C=O) groups excluding carboxylic acids is 1. The summed E-state index contributed by atoms with van der Waals surface area (Å²) >= 11 is 0. The molecular weight excluding hydrogens is 282 g/mol. The van der Waals surface area contributed by atoms with Gasteiger partial charge in [0.15, 0.2) is 0 Å². The number of carbonyl (C=O) groups is 1. The van der Waals surface area contributed by atoms with Crippen LogP contribution in [0.15, 0.2) is 18.2 Å². The van der Waals surface area contributed by atoms with E-state index in [4.69, 9.17) is 0 Å². The van der Waals surface area contributed by atoms with E-state index in [1.807, 2.05) is 4.90 Å². The van der Waals surface area contributed by atoms with Crippen molar-refractivity contribution in [3.05, 3.63) is 23.8 Å². The molecule has 122 valence electrons. The number of likely N-dealkylation sites (N-methyl/N-ethyl adjacent to an activating group) is 1. The van der Waals surface area contributed by atoms with Crippen LogP contribution in [-0.4, -0.2) is 58.3 Å². The van der Waals surface area contributed by atoms with Gasteiger partial charge in [0, 0.05) is 37.3 Å². The van der Waals surface area contributed by atoms with E-state index in [0.29, 0.717) is 11.6 Å². The van der Waals surface area contributed by atoms with Gasteiger partial charge in [0.2, 0.25) is 0 Å². The van der Waals surface area contributed by atoms with Crippen molar-refractivity contribution in [1.29, 1.82) is 0 Å². The summed E-state index contributed by atoms with van der Waals surface area (Å²) < 4.78 is 0. The van der Waals surface area contributed by atoms with Crippen LogP contribution >= 0.6 is 0 Å². The van der Waals surface area contributed by atoms with Crippen LogP contribution in [0.2, 0.25) is 0 Å². The number of urea groups is 1. The number of nitrogens with zero attached hydrogens (tertiary/aromatic N) is 2. The van der Waals surface area contributed by atoms with E-state index < -0.39 is 0 Å². The van der Waals surface area contributed by atoms with Gasteiger partial charge in [0.05, 0.1) is 0 Å². The topological polar surface area (TPSA) is 76.0 Å². The van der Waals surface area contributed by atoms with Gasteiger partial charge in [-0.3, -0.25) is 4.90 Å². The molecular formula is C16H25N3O3. The molecule has 6 heteroatoms. The molecule has 22 heavy (non-hydrogen) atoms. The fourth-order valence-electron chi connectivity index (χ4n) is 2.95. The molecule has 3 N–H and O–H groups in total. The van der Waals surface area contributed by atoms with E-state index in [-0.39, 0.29) is 24.1 Å². The van der Waals surface area contributed by atoms with Gasteiger partial charge in [-0.2, -0.15) is 0 Å². The molecule has 1 fully saturated rings. The highest BCUT2D eigenvalue weighted by Crippen LogP contribution is 2.22. The zero-order chi connectivity index (χ0) is 16.1. The molecule has 0 aliphatic carbocycles. The van der Waals surface area contributed by atoms with Gasteiger partial charge < -0.3 is 20.4 Å². The number of hydrogen-bond acceptors (Lipinski definition) is 4. The van der Waals surface area contributed by atoms with Gasteiger partial charge in [0.25, 0.3) is 0 Å². The molecule has 2 rings (SSSR count). The maximum absolute atomic E-state index is 12.2. The molecule has 1 aromatic rings. The van der Waals surface area contributed by atoms with Crippen molar-refractivity contribution in [3.63, 3.8) is 0 Å². The number of likely N-dealkylation sites (tertiary alicyclic amines) is 1. The molecule has 1 saturated heterocycles. The van der Waals surface area contributed by atoms with Gasteiger partial charge in [-0.05, 0) is 31.6 Å². The normalized spacial score (nSPS) is 18.0. The van der Waals surface area contributed by atoms with Gasteiger partial charge in [-0.25, -0.2) is 4.79 Å². The molecule has 0 radical (unpaired) electrons. The Morgan fingerprint density at radius 1 is 1.36 bits per heavy atom. The van der Waals surface area contributed by atoms with Crippen molar-refractivity contribution in [3.8, 4) is 11.5 Å². The van der Waals surface area contributed by atoms with Crippen molar-refractivity contribution in [2.75, 3.05) is 26.2 Å². The summed E-state index contributed by atoms with van der Waals surface area (Å²) in [4.78, 5) is 16.4. The lowest BCUT2D eigenvalue weighted by Crippen LogP contribution is -2.42. The van der Waals surface area contributed by atoms with Crippen molar-refractivity contribution in [2.24, 2.45) is 0 Å². The van der Waals surface area contributed by atoms with Crippen molar-refractivity contribution in [2.45, 2.75) is 32.9 Å². The van der Waals surface area contributed by atoms with Gasteiger partial charge in [0.1, 0.15) is 11.5 Å². The van der Waals surface area contributed by atoms with Crippen LogP contribution in [0, 0.1) is 0 Å². The molecule has 0 spiro atoms. The minimum Gasteiger partial charge on any atom is -0.508 e. The molecule has 1 aliphatic rings. The number of aromatic hydroxyl groups is 2. The number of phenolic OH excluding ortho intramolecular Hbond substituents is 2. The second-order valence-corrected chi connectivity index (χ2v) is 5.58. The summed E-state index contributed by atoms with van der Waals surface area (Å²) in [5, 5.41) is 21.8. The number of amides is 2. The smallest absolute Gasteiger partial charge is 0.317 e. The summed E-state index contributed by atoms with van der Waals surface area (Å²) in [7, 11) is 0. The standard InChI is InChI=1S/C16H25N3O3/c1-3-18(4-2)13-7-8-19(11-13)16(22)17-10-12-5-6-14(20)9-15(12)21/h5-6,9,13,20-21H,3-4,7-8,10-11H2,1-2H3,(H,17,22)/t13-/m1/s1. The lowest BCUT2D eigenvalue weighted by molar-refractivity contribution is 0.192. The van der Waals surface area contributed by atoms with E-state index in [1.54, 1.807) is 6.07 Å². The van der Waals surface area contributed by atoms with Crippen LogP contribution in [0.5, 0.6) is 11.5 Å². The third-order valence-electron chi connectivity index (χ3n) is 4.28. The third-order valence-corrected chi connectivity index (χ3v) is 4.28. The Balaban J connectivity index is 1.85. The summed E-state index contributed by atoms with van der Waals surface area (Å²) in [5.74, 6) is -0.00285. The SMILES string of the molecule is CCN(CC)[C@@H]1CCN(C(=O)NCc2ccc(O)cc2O)C1. The highest BCUT2D eigenvalue weighted by Gasteiger charge is 2.28. The number of nitrogens with one attached hydrogen (secondary N) is 1. The first kappa shape index (κ1) is 16.4. The van der Waals surface area contributed by atoms with Crippen LogP contribution < -0.4 is 5.32 Å². The minimum atomic E-state index is -0.109. The number of rotatable bonds is 5. The minimum absolute atomic E-state index is 0.00850. The summed E-state index contributed by atoms with van der Waals surface area (Å²) in [6.07, 6.45) is 1.000. The Morgan fingerprint density at radius 2 is 2.09 bits per heavy atom. The first-order chi connectivity index (χ1) is 10.5. The molecule has 6 nitrogen and oxygen atoms in total. The highest BCUT2D eigenvalue weighted by atomic mass is 16.3. The first-order valence-corrected chi connectivity index (χ1v) is 7.82. The Labute approximate surface area is 131 Å². The molecule has 1 atom stereocenters. The monoisotopic (exact) mass is 307 g/mol. The largest absolute Gasteiger partial charge is 0.508 e. The van der Waals surface area contributed by atoms with E-state index in [9.17, 15) is 15.0 Å². The van der Waals surface area contributed by atoms with Crippen LogP contribution in [0.3, 0.4) is 0 Å². The highest BCUT2D eigenvalue weighted by molar-refractivity contribution is 5.74. The molecule has 0 unspecified atom stereocenters. The summed E-state index contributed by atoms with van der Waals surface area (Å²) in [5.41, 5.74) is 0.589. The predicted molar refractivity (Wildman–Crippen MR) is 84.9 cm³/mol. The Morgan fingerprint density at radius 3 is 2.73 bits per heavy atom. The predicted octanol–water partition coefficient (Wildman–Crippen LogP) is 1.72. The quantitative estimate of drug-likeness (QED) is 0.774. The van der Waals surface area contributed by atoms with Gasteiger partial charge in [-0.15, -0.1) is 0 Å². The van der Waals surface area contributed by atoms with Crippen molar-refractivity contribution in [1.82, 2.24) is 15.1 Å². The summed E-state index contributed by atoms with van der Waals surface area (Å²) in [6.45, 7) is 8.02.